The van der Waals surface area contributed by atoms with Gasteiger partial charge in [0.05, 0.1) is 11.8 Å². The fraction of sp³-hybridized carbons (Fsp3) is 0.353. The molecule has 0 aliphatic rings. The summed E-state index contributed by atoms with van der Waals surface area (Å²) in [5.74, 6) is 0.479. The van der Waals surface area contributed by atoms with Gasteiger partial charge in [0.2, 0.25) is 0 Å². The minimum atomic E-state index is -0.147. The molecular weight excluding hydrogens is 264 g/mol. The average molecular weight is 286 g/mol. The Morgan fingerprint density at radius 1 is 1.24 bits per heavy atom. The topological polar surface area (TPSA) is 54.3 Å². The van der Waals surface area contributed by atoms with Crippen LogP contribution in [0.25, 0.3) is 0 Å². The highest BCUT2D eigenvalue weighted by atomic mass is 16.3. The van der Waals surface area contributed by atoms with E-state index in [1.54, 1.807) is 13.0 Å². The molecule has 21 heavy (non-hydrogen) atoms. The molecule has 2 N–H and O–H groups in total. The SMILES string of the molecule is CCCNC(C)c1ccc(NC(=O)c2ccoc2C)cc1. The maximum absolute atomic E-state index is 12.1. The Hall–Kier alpha value is -2.07. The summed E-state index contributed by atoms with van der Waals surface area (Å²) >= 11 is 0. The molecule has 1 heterocycles. The second-order valence-electron chi connectivity index (χ2n) is 5.14. The third-order valence-corrected chi connectivity index (χ3v) is 3.47. The highest BCUT2D eigenvalue weighted by Gasteiger charge is 2.11. The van der Waals surface area contributed by atoms with Gasteiger partial charge in [0.1, 0.15) is 5.76 Å². The van der Waals surface area contributed by atoms with Crippen molar-refractivity contribution < 1.29 is 9.21 Å². The van der Waals surface area contributed by atoms with Crippen molar-refractivity contribution >= 4 is 11.6 Å². The van der Waals surface area contributed by atoms with Crippen molar-refractivity contribution in [1.82, 2.24) is 5.32 Å². The lowest BCUT2D eigenvalue weighted by molar-refractivity contribution is 0.102. The summed E-state index contributed by atoms with van der Waals surface area (Å²) < 4.78 is 5.14. The molecule has 2 rings (SSSR count). The zero-order valence-corrected chi connectivity index (χ0v) is 12.8. The fourth-order valence-electron chi connectivity index (χ4n) is 2.15. The van der Waals surface area contributed by atoms with Gasteiger partial charge in [-0.15, -0.1) is 0 Å². The number of carbonyl (C=O) groups is 1. The molecule has 4 heteroatoms. The van der Waals surface area contributed by atoms with Crippen molar-refractivity contribution in [2.75, 3.05) is 11.9 Å². The lowest BCUT2D eigenvalue weighted by atomic mass is 10.1. The molecule has 0 spiro atoms. The van der Waals surface area contributed by atoms with E-state index in [-0.39, 0.29) is 5.91 Å². The van der Waals surface area contributed by atoms with Crippen molar-refractivity contribution in [3.8, 4) is 0 Å². The molecule has 0 saturated carbocycles. The first kappa shape index (κ1) is 15.3. The molecule has 1 unspecified atom stereocenters. The molecule has 1 aromatic heterocycles. The lowest BCUT2D eigenvalue weighted by Gasteiger charge is -2.14. The van der Waals surface area contributed by atoms with Gasteiger partial charge in [0, 0.05) is 11.7 Å². The van der Waals surface area contributed by atoms with Crippen LogP contribution in [0.15, 0.2) is 41.0 Å². The summed E-state index contributed by atoms with van der Waals surface area (Å²) in [6, 6.07) is 9.90. The molecule has 0 saturated heterocycles. The van der Waals surface area contributed by atoms with Crippen molar-refractivity contribution in [3.05, 3.63) is 53.5 Å². The van der Waals surface area contributed by atoms with Gasteiger partial charge in [-0.3, -0.25) is 4.79 Å². The van der Waals surface area contributed by atoms with Gasteiger partial charge in [-0.05, 0) is 50.6 Å². The molecular formula is C17H22N2O2. The monoisotopic (exact) mass is 286 g/mol. The van der Waals surface area contributed by atoms with Gasteiger partial charge in [0.15, 0.2) is 0 Å². The number of benzene rings is 1. The molecule has 4 nitrogen and oxygen atoms in total. The molecule has 0 bridgehead atoms. The first-order valence-corrected chi connectivity index (χ1v) is 7.30. The van der Waals surface area contributed by atoms with E-state index >= 15 is 0 Å². The van der Waals surface area contributed by atoms with E-state index in [1.165, 1.54) is 11.8 Å². The Labute approximate surface area is 125 Å². The van der Waals surface area contributed by atoms with E-state index in [4.69, 9.17) is 4.42 Å². The smallest absolute Gasteiger partial charge is 0.259 e. The van der Waals surface area contributed by atoms with Gasteiger partial charge in [0.25, 0.3) is 5.91 Å². The van der Waals surface area contributed by atoms with Gasteiger partial charge in [-0.2, -0.15) is 0 Å². The number of nitrogens with one attached hydrogen (secondary N) is 2. The number of amides is 1. The van der Waals surface area contributed by atoms with E-state index in [2.05, 4.69) is 24.5 Å². The standard InChI is InChI=1S/C17H22N2O2/c1-4-10-18-12(2)14-5-7-15(8-6-14)19-17(20)16-9-11-21-13(16)3/h5-9,11-12,18H,4,10H2,1-3H3,(H,19,20). The summed E-state index contributed by atoms with van der Waals surface area (Å²) in [6.45, 7) is 7.06. The third kappa shape index (κ3) is 3.95. The van der Waals surface area contributed by atoms with Crippen LogP contribution in [0.5, 0.6) is 0 Å². The number of furan rings is 1. The first-order chi connectivity index (χ1) is 10.1. The van der Waals surface area contributed by atoms with Crippen molar-refractivity contribution in [2.45, 2.75) is 33.2 Å². The molecule has 0 aliphatic carbocycles. The van der Waals surface area contributed by atoms with E-state index in [9.17, 15) is 4.79 Å². The predicted molar refractivity (Wildman–Crippen MR) is 84.5 cm³/mol. The summed E-state index contributed by atoms with van der Waals surface area (Å²) in [5.41, 5.74) is 2.56. The molecule has 112 valence electrons. The number of carbonyl (C=O) groups excluding carboxylic acids is 1. The fourth-order valence-corrected chi connectivity index (χ4v) is 2.15. The Kier molecular flexibility index (Phi) is 5.17. The highest BCUT2D eigenvalue weighted by Crippen LogP contribution is 2.17. The Balaban J connectivity index is 1.99. The van der Waals surface area contributed by atoms with Crippen molar-refractivity contribution in [1.29, 1.82) is 0 Å². The minimum Gasteiger partial charge on any atom is -0.469 e. The maximum Gasteiger partial charge on any atom is 0.259 e. The summed E-state index contributed by atoms with van der Waals surface area (Å²) in [4.78, 5) is 12.1. The average Bonchev–Trinajstić information content (AvgIpc) is 2.91. The number of anilines is 1. The third-order valence-electron chi connectivity index (χ3n) is 3.47. The molecule has 0 aliphatic heterocycles. The largest absolute Gasteiger partial charge is 0.469 e. The van der Waals surface area contributed by atoms with E-state index in [0.717, 1.165) is 18.7 Å². The van der Waals surface area contributed by atoms with Gasteiger partial charge in [-0.1, -0.05) is 19.1 Å². The second kappa shape index (κ2) is 7.09. The molecule has 1 amide bonds. The second-order valence-corrected chi connectivity index (χ2v) is 5.14. The van der Waals surface area contributed by atoms with E-state index in [1.807, 2.05) is 24.3 Å². The van der Waals surface area contributed by atoms with Crippen LogP contribution in [-0.2, 0) is 0 Å². The van der Waals surface area contributed by atoms with Gasteiger partial charge in [-0.25, -0.2) is 0 Å². The van der Waals surface area contributed by atoms with Crippen LogP contribution in [0.3, 0.4) is 0 Å². The predicted octanol–water partition coefficient (Wildman–Crippen LogP) is 3.90. The van der Waals surface area contributed by atoms with Crippen LogP contribution in [0.1, 0.15) is 48.0 Å². The molecule has 0 radical (unpaired) electrons. The molecule has 1 atom stereocenters. The van der Waals surface area contributed by atoms with Crippen LogP contribution in [0.2, 0.25) is 0 Å². The summed E-state index contributed by atoms with van der Waals surface area (Å²) in [5, 5.41) is 6.31. The van der Waals surface area contributed by atoms with Gasteiger partial charge >= 0.3 is 0 Å². The molecule has 0 fully saturated rings. The summed E-state index contributed by atoms with van der Waals surface area (Å²) in [6.07, 6.45) is 2.64. The zero-order valence-electron chi connectivity index (χ0n) is 12.8. The van der Waals surface area contributed by atoms with E-state index < -0.39 is 0 Å². The Bertz CT molecular complexity index is 587. The van der Waals surface area contributed by atoms with Crippen LogP contribution in [0, 0.1) is 6.92 Å². The normalized spacial score (nSPS) is 12.1. The lowest BCUT2D eigenvalue weighted by Crippen LogP contribution is -2.19. The molecule has 1 aromatic carbocycles. The Morgan fingerprint density at radius 2 is 1.95 bits per heavy atom. The first-order valence-electron chi connectivity index (χ1n) is 7.30. The molecule has 2 aromatic rings. The van der Waals surface area contributed by atoms with Gasteiger partial charge < -0.3 is 15.1 Å². The number of hydrogen-bond acceptors (Lipinski definition) is 3. The number of rotatable bonds is 6. The van der Waals surface area contributed by atoms with Crippen molar-refractivity contribution in [2.24, 2.45) is 0 Å². The maximum atomic E-state index is 12.1. The number of aryl methyl sites for hydroxylation is 1. The van der Waals surface area contributed by atoms with Crippen molar-refractivity contribution in [3.63, 3.8) is 0 Å². The summed E-state index contributed by atoms with van der Waals surface area (Å²) in [7, 11) is 0. The Morgan fingerprint density at radius 3 is 2.52 bits per heavy atom. The van der Waals surface area contributed by atoms with Crippen LogP contribution in [-0.4, -0.2) is 12.5 Å². The number of hydrogen-bond donors (Lipinski definition) is 2. The minimum absolute atomic E-state index is 0.147. The quantitative estimate of drug-likeness (QED) is 0.846. The van der Waals surface area contributed by atoms with Crippen LogP contribution >= 0.6 is 0 Å². The van der Waals surface area contributed by atoms with E-state index in [0.29, 0.717) is 17.4 Å². The highest BCUT2D eigenvalue weighted by molar-refractivity contribution is 6.04. The zero-order chi connectivity index (χ0) is 15.2. The van der Waals surface area contributed by atoms with Crippen LogP contribution in [0.4, 0.5) is 5.69 Å². The van der Waals surface area contributed by atoms with Crippen LogP contribution < -0.4 is 10.6 Å².